The van der Waals surface area contributed by atoms with E-state index in [2.05, 4.69) is 12.1 Å². The molecule has 0 amide bonds. The fourth-order valence-corrected chi connectivity index (χ4v) is 3.72. The second kappa shape index (κ2) is 4.42. The molecule has 0 saturated heterocycles. The van der Waals surface area contributed by atoms with Crippen LogP contribution in [0.5, 0.6) is 0 Å². The molecule has 1 aromatic rings. The van der Waals surface area contributed by atoms with Crippen LogP contribution >= 0.6 is 0 Å². The summed E-state index contributed by atoms with van der Waals surface area (Å²) in [5.74, 6) is 0.454. The minimum absolute atomic E-state index is 0.391. The summed E-state index contributed by atoms with van der Waals surface area (Å²) in [6.07, 6.45) is 6.57. The van der Waals surface area contributed by atoms with Gasteiger partial charge in [-0.05, 0) is 54.7 Å². The van der Waals surface area contributed by atoms with Gasteiger partial charge >= 0.3 is 5.97 Å². The zero-order valence-corrected chi connectivity index (χ0v) is 10.9. The second-order valence-electron chi connectivity index (χ2n) is 5.87. The quantitative estimate of drug-likeness (QED) is 0.861. The molecule has 2 heteroatoms. The summed E-state index contributed by atoms with van der Waals surface area (Å²) in [4.78, 5) is 11.1. The third-order valence-electron chi connectivity index (χ3n) is 4.83. The van der Waals surface area contributed by atoms with E-state index in [1.165, 1.54) is 43.2 Å². The highest BCUT2D eigenvalue weighted by molar-refractivity contribution is 5.75. The van der Waals surface area contributed by atoms with Crippen molar-refractivity contribution in [2.45, 2.75) is 50.9 Å². The number of benzene rings is 1. The van der Waals surface area contributed by atoms with Crippen LogP contribution in [-0.2, 0) is 11.2 Å². The summed E-state index contributed by atoms with van der Waals surface area (Å²) in [6.45, 7) is 1.77. The Hall–Kier alpha value is -1.31. The molecule has 1 aromatic carbocycles. The van der Waals surface area contributed by atoms with Crippen LogP contribution in [0, 0.1) is 5.92 Å². The monoisotopic (exact) mass is 244 g/mol. The van der Waals surface area contributed by atoms with Crippen LogP contribution in [0.15, 0.2) is 18.2 Å². The van der Waals surface area contributed by atoms with E-state index in [0.29, 0.717) is 0 Å². The Kier molecular flexibility index (Phi) is 2.89. The van der Waals surface area contributed by atoms with Crippen molar-refractivity contribution in [3.63, 3.8) is 0 Å². The number of fused-ring (bicyclic) bond motifs is 3. The molecule has 2 aliphatic carbocycles. The molecule has 1 saturated carbocycles. The first-order chi connectivity index (χ1) is 8.66. The maximum atomic E-state index is 11.1. The zero-order valence-electron chi connectivity index (χ0n) is 10.9. The van der Waals surface area contributed by atoms with Crippen molar-refractivity contribution in [3.8, 4) is 0 Å². The van der Waals surface area contributed by atoms with Gasteiger partial charge in [0.05, 0.1) is 5.92 Å². The number of carboxylic acids is 1. The number of rotatable bonds is 2. The lowest BCUT2D eigenvalue weighted by molar-refractivity contribution is -0.138. The van der Waals surface area contributed by atoms with Gasteiger partial charge < -0.3 is 5.11 Å². The van der Waals surface area contributed by atoms with Crippen molar-refractivity contribution in [3.05, 3.63) is 34.9 Å². The predicted octanol–water partition coefficient (Wildman–Crippen LogP) is 3.70. The smallest absolute Gasteiger partial charge is 0.310 e. The third-order valence-corrected chi connectivity index (χ3v) is 4.83. The first kappa shape index (κ1) is 11.8. The van der Waals surface area contributed by atoms with Gasteiger partial charge in [0.2, 0.25) is 0 Å². The van der Waals surface area contributed by atoms with Crippen LogP contribution in [0.25, 0.3) is 0 Å². The SMILES string of the molecule is CC(C(=O)O)c1ccc2c(c1)C[C@H]1CCCC[C@@H]21. The molecule has 0 bridgehead atoms. The summed E-state index contributed by atoms with van der Waals surface area (Å²) in [6, 6.07) is 6.36. The molecule has 1 fully saturated rings. The molecule has 0 aliphatic heterocycles. The average molecular weight is 244 g/mol. The van der Waals surface area contributed by atoms with Crippen molar-refractivity contribution >= 4 is 5.97 Å². The van der Waals surface area contributed by atoms with Gasteiger partial charge in [0.15, 0.2) is 0 Å². The minimum atomic E-state index is -0.731. The van der Waals surface area contributed by atoms with Crippen molar-refractivity contribution in [2.24, 2.45) is 5.92 Å². The van der Waals surface area contributed by atoms with E-state index < -0.39 is 11.9 Å². The molecule has 2 nitrogen and oxygen atoms in total. The van der Waals surface area contributed by atoms with Gasteiger partial charge in [-0.1, -0.05) is 31.0 Å². The van der Waals surface area contributed by atoms with E-state index >= 15 is 0 Å². The fourth-order valence-electron chi connectivity index (χ4n) is 3.72. The molecular weight excluding hydrogens is 224 g/mol. The number of carboxylic acid groups (broad SMARTS) is 1. The molecule has 3 rings (SSSR count). The van der Waals surface area contributed by atoms with Crippen LogP contribution < -0.4 is 0 Å². The van der Waals surface area contributed by atoms with Gasteiger partial charge in [0.25, 0.3) is 0 Å². The topological polar surface area (TPSA) is 37.3 Å². The van der Waals surface area contributed by atoms with Crippen molar-refractivity contribution in [2.75, 3.05) is 0 Å². The number of aliphatic carboxylic acids is 1. The summed E-state index contributed by atoms with van der Waals surface area (Å²) in [7, 11) is 0. The molecule has 3 atom stereocenters. The summed E-state index contributed by atoms with van der Waals surface area (Å²) in [5, 5.41) is 9.09. The molecule has 0 aromatic heterocycles. The third kappa shape index (κ3) is 1.84. The standard InChI is InChI=1S/C16H20O2/c1-10(16(17)18)11-6-7-15-13(8-11)9-12-4-2-3-5-14(12)15/h6-8,10,12,14H,2-5,9H2,1H3,(H,17,18)/t10?,12-,14-/m1/s1. The summed E-state index contributed by atoms with van der Waals surface area (Å²) >= 11 is 0. The van der Waals surface area contributed by atoms with E-state index in [1.807, 2.05) is 6.07 Å². The molecule has 2 aliphatic rings. The zero-order chi connectivity index (χ0) is 12.7. The largest absolute Gasteiger partial charge is 0.481 e. The van der Waals surface area contributed by atoms with Crippen molar-refractivity contribution in [1.29, 1.82) is 0 Å². The Morgan fingerprint density at radius 1 is 1.33 bits per heavy atom. The maximum absolute atomic E-state index is 11.1. The lowest BCUT2D eigenvalue weighted by Crippen LogP contribution is -2.12. The van der Waals surface area contributed by atoms with E-state index in [1.54, 1.807) is 6.92 Å². The Labute approximate surface area is 108 Å². The molecule has 0 spiro atoms. The van der Waals surface area contributed by atoms with Gasteiger partial charge in [0, 0.05) is 0 Å². The van der Waals surface area contributed by atoms with Crippen LogP contribution in [0.3, 0.4) is 0 Å². The molecule has 18 heavy (non-hydrogen) atoms. The average Bonchev–Trinajstić information content (AvgIpc) is 2.75. The Morgan fingerprint density at radius 3 is 2.89 bits per heavy atom. The second-order valence-corrected chi connectivity index (χ2v) is 5.87. The summed E-state index contributed by atoms with van der Waals surface area (Å²) in [5.41, 5.74) is 3.87. The van der Waals surface area contributed by atoms with Crippen molar-refractivity contribution in [1.82, 2.24) is 0 Å². The van der Waals surface area contributed by atoms with Crippen LogP contribution in [0.4, 0.5) is 0 Å². The van der Waals surface area contributed by atoms with Gasteiger partial charge in [-0.25, -0.2) is 0 Å². The minimum Gasteiger partial charge on any atom is -0.481 e. The fraction of sp³-hybridized carbons (Fsp3) is 0.562. The van der Waals surface area contributed by atoms with Gasteiger partial charge in [-0.15, -0.1) is 0 Å². The van der Waals surface area contributed by atoms with E-state index in [9.17, 15) is 4.79 Å². The molecule has 96 valence electrons. The highest BCUT2D eigenvalue weighted by atomic mass is 16.4. The van der Waals surface area contributed by atoms with Gasteiger partial charge in [-0.3, -0.25) is 4.79 Å². The lowest BCUT2D eigenvalue weighted by atomic mass is 9.80. The number of carbonyl (C=O) groups is 1. The Morgan fingerprint density at radius 2 is 2.11 bits per heavy atom. The Balaban J connectivity index is 1.92. The Bertz CT molecular complexity index is 478. The normalized spacial score (nSPS) is 27.4. The molecular formula is C16H20O2. The highest BCUT2D eigenvalue weighted by Crippen LogP contribution is 2.46. The van der Waals surface area contributed by atoms with Crippen LogP contribution in [0.1, 0.15) is 61.1 Å². The maximum Gasteiger partial charge on any atom is 0.310 e. The van der Waals surface area contributed by atoms with Crippen molar-refractivity contribution < 1.29 is 9.90 Å². The number of hydrogen-bond donors (Lipinski definition) is 1. The van der Waals surface area contributed by atoms with Gasteiger partial charge in [-0.2, -0.15) is 0 Å². The first-order valence-electron chi connectivity index (χ1n) is 7.02. The summed E-state index contributed by atoms with van der Waals surface area (Å²) < 4.78 is 0. The van der Waals surface area contributed by atoms with E-state index in [4.69, 9.17) is 5.11 Å². The lowest BCUT2D eigenvalue weighted by Gasteiger charge is -2.25. The van der Waals surface area contributed by atoms with Crippen LogP contribution in [-0.4, -0.2) is 11.1 Å². The molecule has 0 heterocycles. The van der Waals surface area contributed by atoms with Crippen LogP contribution in [0.2, 0.25) is 0 Å². The van der Waals surface area contributed by atoms with Gasteiger partial charge in [0.1, 0.15) is 0 Å². The first-order valence-corrected chi connectivity index (χ1v) is 7.02. The predicted molar refractivity (Wildman–Crippen MR) is 70.9 cm³/mol. The molecule has 1 unspecified atom stereocenters. The molecule has 1 N–H and O–H groups in total. The number of hydrogen-bond acceptors (Lipinski definition) is 1. The van der Waals surface area contributed by atoms with E-state index in [-0.39, 0.29) is 0 Å². The highest BCUT2D eigenvalue weighted by Gasteiger charge is 2.34. The molecule has 0 radical (unpaired) electrons. The van der Waals surface area contributed by atoms with E-state index in [0.717, 1.165) is 17.4 Å².